The van der Waals surface area contributed by atoms with E-state index in [0.717, 1.165) is 18.5 Å². The summed E-state index contributed by atoms with van der Waals surface area (Å²) in [6, 6.07) is 12.3. The van der Waals surface area contributed by atoms with Crippen molar-refractivity contribution in [1.29, 1.82) is 0 Å². The van der Waals surface area contributed by atoms with E-state index in [1.165, 1.54) is 5.56 Å². The number of amides is 1. The van der Waals surface area contributed by atoms with Crippen LogP contribution in [0.1, 0.15) is 40.5 Å². The lowest BCUT2D eigenvalue weighted by molar-refractivity contribution is 0.0706. The number of pyridine rings is 1. The molecule has 0 unspecified atom stereocenters. The average Bonchev–Trinajstić information content (AvgIpc) is 3.15. The quantitative estimate of drug-likeness (QED) is 0.700. The summed E-state index contributed by atoms with van der Waals surface area (Å²) in [5.74, 6) is 1.38. The van der Waals surface area contributed by atoms with E-state index in [0.29, 0.717) is 41.4 Å². The second kappa shape index (κ2) is 8.02. The number of likely N-dealkylation sites (tertiary alicyclic amines) is 1. The van der Waals surface area contributed by atoms with E-state index in [2.05, 4.69) is 15.2 Å². The summed E-state index contributed by atoms with van der Waals surface area (Å²) in [5.41, 5.74) is 2.76. The molecule has 3 heterocycles. The van der Waals surface area contributed by atoms with Crippen LogP contribution in [0.15, 0.2) is 48.7 Å². The van der Waals surface area contributed by atoms with E-state index >= 15 is 0 Å². The van der Waals surface area contributed by atoms with E-state index in [-0.39, 0.29) is 5.91 Å². The molecular weight excluding hydrogens is 376 g/mol. The number of benzene rings is 1. The first-order valence-electron chi connectivity index (χ1n) is 9.30. The number of rotatable bonds is 4. The Kier molecular flexibility index (Phi) is 5.30. The second-order valence-corrected chi connectivity index (χ2v) is 7.37. The third kappa shape index (κ3) is 4.02. The zero-order chi connectivity index (χ0) is 19.5. The molecular formula is C21H21ClN4O2. The van der Waals surface area contributed by atoms with Crippen molar-refractivity contribution >= 4 is 17.5 Å². The molecule has 2 aromatic heterocycles. The smallest absolute Gasteiger partial charge is 0.272 e. The summed E-state index contributed by atoms with van der Waals surface area (Å²) in [6.45, 7) is 3.45. The number of carbonyl (C=O) groups excluding carboxylic acids is 1. The van der Waals surface area contributed by atoms with Crippen LogP contribution >= 0.6 is 11.6 Å². The van der Waals surface area contributed by atoms with Crippen LogP contribution < -0.4 is 4.74 Å². The number of ether oxygens (including phenoxy) is 1. The van der Waals surface area contributed by atoms with Crippen molar-refractivity contribution in [3.8, 4) is 11.6 Å². The lowest BCUT2D eigenvalue weighted by atomic mass is 9.90. The van der Waals surface area contributed by atoms with Gasteiger partial charge < -0.3 is 9.64 Å². The summed E-state index contributed by atoms with van der Waals surface area (Å²) in [5, 5.41) is 7.74. The number of hydrogen-bond acceptors (Lipinski definition) is 4. The van der Waals surface area contributed by atoms with E-state index in [1.54, 1.807) is 42.5 Å². The first-order chi connectivity index (χ1) is 13.6. The number of hydrogen-bond donors (Lipinski definition) is 1. The van der Waals surface area contributed by atoms with E-state index in [1.807, 2.05) is 18.0 Å². The molecule has 0 saturated carbocycles. The second-order valence-electron chi connectivity index (χ2n) is 6.93. The van der Waals surface area contributed by atoms with Crippen molar-refractivity contribution in [2.75, 3.05) is 13.1 Å². The van der Waals surface area contributed by atoms with Gasteiger partial charge >= 0.3 is 0 Å². The van der Waals surface area contributed by atoms with Crippen molar-refractivity contribution in [3.63, 3.8) is 0 Å². The van der Waals surface area contributed by atoms with Crippen molar-refractivity contribution < 1.29 is 9.53 Å². The highest BCUT2D eigenvalue weighted by atomic mass is 35.5. The van der Waals surface area contributed by atoms with Crippen LogP contribution in [0.2, 0.25) is 5.02 Å². The maximum atomic E-state index is 12.9. The van der Waals surface area contributed by atoms with Gasteiger partial charge in [0.25, 0.3) is 5.91 Å². The molecule has 6 nitrogen and oxygen atoms in total. The summed E-state index contributed by atoms with van der Waals surface area (Å²) in [4.78, 5) is 19.1. The van der Waals surface area contributed by atoms with Crippen molar-refractivity contribution in [3.05, 3.63) is 70.6 Å². The molecule has 144 valence electrons. The number of carbonyl (C=O) groups is 1. The van der Waals surface area contributed by atoms with Gasteiger partial charge in [0, 0.05) is 29.9 Å². The first-order valence-corrected chi connectivity index (χ1v) is 9.67. The van der Waals surface area contributed by atoms with Crippen LogP contribution in [0.5, 0.6) is 11.6 Å². The number of halogens is 1. The standard InChI is InChI=1S/C21H21ClN4O2/c1-14-18(13-23-25-14)15-9-11-26(12-10-15)21(27)19-3-2-4-20(24-19)28-17-7-5-16(22)6-8-17/h2-8,13,15H,9-12H2,1H3,(H,23,25). The van der Waals surface area contributed by atoms with E-state index < -0.39 is 0 Å². The van der Waals surface area contributed by atoms with Crippen molar-refractivity contribution in [1.82, 2.24) is 20.1 Å². The molecule has 3 aromatic rings. The normalized spacial score (nSPS) is 14.9. The Morgan fingerprint density at radius 2 is 1.93 bits per heavy atom. The molecule has 0 bridgehead atoms. The first kappa shape index (κ1) is 18.5. The molecule has 1 aromatic carbocycles. The van der Waals surface area contributed by atoms with E-state index in [4.69, 9.17) is 16.3 Å². The Morgan fingerprint density at radius 1 is 1.18 bits per heavy atom. The zero-order valence-electron chi connectivity index (χ0n) is 15.6. The third-order valence-corrected chi connectivity index (χ3v) is 5.32. The Morgan fingerprint density at radius 3 is 2.61 bits per heavy atom. The van der Waals surface area contributed by atoms with E-state index in [9.17, 15) is 4.79 Å². The lowest BCUT2D eigenvalue weighted by Gasteiger charge is -2.31. The van der Waals surface area contributed by atoms with Gasteiger partial charge in [-0.15, -0.1) is 0 Å². The maximum absolute atomic E-state index is 12.9. The highest BCUT2D eigenvalue weighted by Crippen LogP contribution is 2.30. The van der Waals surface area contributed by atoms with Crippen LogP contribution in [0, 0.1) is 6.92 Å². The predicted molar refractivity (Wildman–Crippen MR) is 107 cm³/mol. The topological polar surface area (TPSA) is 71.1 Å². The predicted octanol–water partition coefficient (Wildman–Crippen LogP) is 4.58. The largest absolute Gasteiger partial charge is 0.439 e. The molecule has 1 aliphatic heterocycles. The van der Waals surface area contributed by atoms with Crippen LogP contribution in [-0.2, 0) is 0 Å². The minimum absolute atomic E-state index is 0.0658. The zero-order valence-corrected chi connectivity index (χ0v) is 16.3. The summed E-state index contributed by atoms with van der Waals surface area (Å²) in [7, 11) is 0. The maximum Gasteiger partial charge on any atom is 0.272 e. The SMILES string of the molecule is Cc1[nH]ncc1C1CCN(C(=O)c2cccc(Oc3ccc(Cl)cc3)n2)CC1. The molecule has 1 amide bonds. The molecule has 1 saturated heterocycles. The molecule has 0 spiro atoms. The highest BCUT2D eigenvalue weighted by Gasteiger charge is 2.26. The lowest BCUT2D eigenvalue weighted by Crippen LogP contribution is -2.38. The fraction of sp³-hybridized carbons (Fsp3) is 0.286. The van der Waals surface area contributed by atoms with Gasteiger partial charge in [-0.1, -0.05) is 17.7 Å². The van der Waals surface area contributed by atoms with Crippen LogP contribution in [0.4, 0.5) is 0 Å². The Hall–Kier alpha value is -2.86. The number of H-pyrrole nitrogens is 1. The Labute approximate surface area is 168 Å². The molecule has 1 aliphatic rings. The fourth-order valence-electron chi connectivity index (χ4n) is 3.54. The number of aromatic amines is 1. The molecule has 0 atom stereocenters. The minimum Gasteiger partial charge on any atom is -0.439 e. The number of nitrogens with one attached hydrogen (secondary N) is 1. The molecule has 0 aliphatic carbocycles. The number of nitrogens with zero attached hydrogens (tertiary/aromatic N) is 3. The van der Waals surface area contributed by atoms with Crippen molar-refractivity contribution in [2.24, 2.45) is 0 Å². The fourth-order valence-corrected chi connectivity index (χ4v) is 3.67. The van der Waals surface area contributed by atoms with Crippen LogP contribution in [0.3, 0.4) is 0 Å². The Balaban J connectivity index is 1.41. The Bertz CT molecular complexity index is 963. The van der Waals surface area contributed by atoms with Gasteiger partial charge in [0.15, 0.2) is 0 Å². The van der Waals surface area contributed by atoms with Gasteiger partial charge in [-0.05, 0) is 61.6 Å². The summed E-state index contributed by atoms with van der Waals surface area (Å²) in [6.07, 6.45) is 3.75. The molecule has 0 radical (unpaired) electrons. The molecule has 4 rings (SSSR count). The van der Waals surface area contributed by atoms with Crippen LogP contribution in [0.25, 0.3) is 0 Å². The highest BCUT2D eigenvalue weighted by molar-refractivity contribution is 6.30. The minimum atomic E-state index is -0.0658. The summed E-state index contributed by atoms with van der Waals surface area (Å²) >= 11 is 5.89. The van der Waals surface area contributed by atoms with Gasteiger partial charge in [0.05, 0.1) is 6.20 Å². The molecule has 1 N–H and O–H groups in total. The van der Waals surface area contributed by atoms with Gasteiger partial charge in [-0.2, -0.15) is 5.10 Å². The van der Waals surface area contributed by atoms with Crippen LogP contribution in [-0.4, -0.2) is 39.1 Å². The average molecular weight is 397 g/mol. The van der Waals surface area contributed by atoms with Gasteiger partial charge in [0.1, 0.15) is 11.4 Å². The van der Waals surface area contributed by atoms with Gasteiger partial charge in [-0.3, -0.25) is 9.89 Å². The number of aryl methyl sites for hydroxylation is 1. The number of piperidine rings is 1. The van der Waals surface area contributed by atoms with Gasteiger partial charge in [0.2, 0.25) is 5.88 Å². The van der Waals surface area contributed by atoms with Gasteiger partial charge in [-0.25, -0.2) is 4.98 Å². The molecule has 28 heavy (non-hydrogen) atoms. The monoisotopic (exact) mass is 396 g/mol. The van der Waals surface area contributed by atoms with Crippen molar-refractivity contribution in [2.45, 2.75) is 25.7 Å². The summed E-state index contributed by atoms with van der Waals surface area (Å²) < 4.78 is 5.74. The molecule has 7 heteroatoms. The molecule has 1 fully saturated rings. The third-order valence-electron chi connectivity index (χ3n) is 5.07. The number of aromatic nitrogens is 3.